The van der Waals surface area contributed by atoms with Crippen molar-refractivity contribution in [3.63, 3.8) is 0 Å². The molecule has 0 saturated heterocycles. The maximum atomic E-state index is 13.9. The van der Waals surface area contributed by atoms with Crippen LogP contribution in [0, 0.1) is 12.9 Å². The van der Waals surface area contributed by atoms with Crippen molar-refractivity contribution in [3.05, 3.63) is 58.8 Å². The molecule has 1 N–H and O–H groups in total. The number of alkyl halides is 3. The zero-order valence-electron chi connectivity index (χ0n) is 15.9. The second kappa shape index (κ2) is 7.98. The van der Waals surface area contributed by atoms with Crippen molar-refractivity contribution in [3.8, 4) is 11.3 Å². The third kappa shape index (κ3) is 4.58. The lowest BCUT2D eigenvalue weighted by atomic mass is 10.1. The first-order valence-corrected chi connectivity index (χ1v) is 8.72. The summed E-state index contributed by atoms with van der Waals surface area (Å²) in [5.41, 5.74) is 3.39. The SMILES string of the molecule is CCc1ccc(-c2cc(C(F)(F)F)nc(N/N=C/c3c(C)nn(C)c3F)n2)cc1. The van der Waals surface area contributed by atoms with Gasteiger partial charge in [-0.15, -0.1) is 0 Å². The fourth-order valence-electron chi connectivity index (χ4n) is 2.65. The Kier molecular flexibility index (Phi) is 5.62. The molecule has 0 spiro atoms. The number of halogens is 4. The van der Waals surface area contributed by atoms with Gasteiger partial charge in [0.2, 0.25) is 11.9 Å². The molecule has 6 nitrogen and oxygen atoms in total. The molecule has 0 bridgehead atoms. The number of aromatic nitrogens is 4. The third-order valence-electron chi connectivity index (χ3n) is 4.23. The van der Waals surface area contributed by atoms with E-state index in [0.717, 1.165) is 28.9 Å². The summed E-state index contributed by atoms with van der Waals surface area (Å²) in [5.74, 6) is -0.970. The van der Waals surface area contributed by atoms with E-state index in [-0.39, 0.29) is 17.2 Å². The van der Waals surface area contributed by atoms with E-state index in [2.05, 4.69) is 25.6 Å². The Morgan fingerprint density at radius 1 is 1.17 bits per heavy atom. The number of hydrogen-bond acceptors (Lipinski definition) is 5. The van der Waals surface area contributed by atoms with Crippen LogP contribution in [-0.4, -0.2) is 26.0 Å². The lowest BCUT2D eigenvalue weighted by Gasteiger charge is -2.10. The monoisotopic (exact) mass is 406 g/mol. The summed E-state index contributed by atoms with van der Waals surface area (Å²) in [6.45, 7) is 3.57. The molecule has 3 rings (SSSR count). The van der Waals surface area contributed by atoms with Gasteiger partial charge in [-0.25, -0.2) is 20.1 Å². The van der Waals surface area contributed by atoms with Crippen molar-refractivity contribution in [2.75, 3.05) is 5.43 Å². The van der Waals surface area contributed by atoms with E-state index in [1.54, 1.807) is 19.1 Å². The number of anilines is 1. The highest BCUT2D eigenvalue weighted by molar-refractivity contribution is 5.81. The van der Waals surface area contributed by atoms with Crippen LogP contribution in [0.5, 0.6) is 0 Å². The average molecular weight is 406 g/mol. The lowest BCUT2D eigenvalue weighted by Crippen LogP contribution is -2.11. The summed E-state index contributed by atoms with van der Waals surface area (Å²) in [7, 11) is 1.43. The minimum absolute atomic E-state index is 0.0939. The number of nitrogens with zero attached hydrogens (tertiary/aromatic N) is 5. The average Bonchev–Trinajstić information content (AvgIpc) is 2.93. The van der Waals surface area contributed by atoms with Gasteiger partial charge in [0.15, 0.2) is 5.69 Å². The zero-order chi connectivity index (χ0) is 21.2. The van der Waals surface area contributed by atoms with E-state index in [0.29, 0.717) is 11.3 Å². The van der Waals surface area contributed by atoms with Gasteiger partial charge in [-0.05, 0) is 25.0 Å². The highest BCUT2D eigenvalue weighted by atomic mass is 19.4. The molecule has 2 aromatic heterocycles. The van der Waals surface area contributed by atoms with E-state index >= 15 is 0 Å². The Balaban J connectivity index is 1.94. The molecule has 0 amide bonds. The summed E-state index contributed by atoms with van der Waals surface area (Å²) >= 11 is 0. The van der Waals surface area contributed by atoms with Crippen LogP contribution in [0.15, 0.2) is 35.4 Å². The summed E-state index contributed by atoms with van der Waals surface area (Å²) in [4.78, 5) is 7.57. The maximum Gasteiger partial charge on any atom is 0.433 e. The molecule has 29 heavy (non-hydrogen) atoms. The number of hydrazone groups is 1. The van der Waals surface area contributed by atoms with Gasteiger partial charge >= 0.3 is 6.18 Å². The molecule has 0 atom stereocenters. The van der Waals surface area contributed by atoms with Gasteiger partial charge < -0.3 is 0 Å². The molecule has 0 unspecified atom stereocenters. The molecule has 0 aliphatic carbocycles. The quantitative estimate of drug-likeness (QED) is 0.389. The molecular weight excluding hydrogens is 388 g/mol. The van der Waals surface area contributed by atoms with E-state index in [1.165, 1.54) is 7.05 Å². The van der Waals surface area contributed by atoms with Crippen molar-refractivity contribution in [1.29, 1.82) is 0 Å². The van der Waals surface area contributed by atoms with Crippen LogP contribution in [0.1, 0.15) is 29.4 Å². The molecule has 3 aromatic rings. The van der Waals surface area contributed by atoms with Gasteiger partial charge in [-0.1, -0.05) is 31.2 Å². The zero-order valence-corrected chi connectivity index (χ0v) is 15.9. The molecule has 0 aliphatic rings. The normalized spacial score (nSPS) is 12.0. The van der Waals surface area contributed by atoms with Gasteiger partial charge in [0.05, 0.1) is 23.2 Å². The number of benzene rings is 1. The fourth-order valence-corrected chi connectivity index (χ4v) is 2.65. The molecule has 0 fully saturated rings. The standard InChI is InChI=1S/C19H18F4N6/c1-4-12-5-7-13(8-6-12)15-9-16(19(21,22)23)26-18(25-15)27-24-10-14-11(2)28-29(3)17(14)20/h5-10H,4H2,1-3H3,(H,25,26,27)/b24-10+. The second-order valence-electron chi connectivity index (χ2n) is 6.29. The Morgan fingerprint density at radius 2 is 1.86 bits per heavy atom. The Labute approximate surface area is 164 Å². The van der Waals surface area contributed by atoms with Gasteiger partial charge in [0, 0.05) is 12.6 Å². The van der Waals surface area contributed by atoms with Crippen LogP contribution >= 0.6 is 0 Å². The van der Waals surface area contributed by atoms with E-state index in [9.17, 15) is 17.6 Å². The summed E-state index contributed by atoms with van der Waals surface area (Å²) in [6.07, 6.45) is -2.73. The Hall–Kier alpha value is -3.30. The van der Waals surface area contributed by atoms with Crippen LogP contribution in [0.4, 0.5) is 23.5 Å². The molecule has 152 valence electrons. The van der Waals surface area contributed by atoms with Crippen LogP contribution in [-0.2, 0) is 19.6 Å². The van der Waals surface area contributed by atoms with E-state index in [4.69, 9.17) is 0 Å². The minimum Gasteiger partial charge on any atom is -0.245 e. The molecule has 0 radical (unpaired) electrons. The predicted molar refractivity (Wildman–Crippen MR) is 101 cm³/mol. The van der Waals surface area contributed by atoms with Crippen molar-refractivity contribution >= 4 is 12.2 Å². The molecule has 10 heteroatoms. The van der Waals surface area contributed by atoms with Crippen molar-refractivity contribution in [1.82, 2.24) is 19.7 Å². The highest BCUT2D eigenvalue weighted by Crippen LogP contribution is 2.31. The number of rotatable bonds is 5. The van der Waals surface area contributed by atoms with Gasteiger partial charge in [-0.2, -0.15) is 27.8 Å². The second-order valence-corrected chi connectivity index (χ2v) is 6.29. The Morgan fingerprint density at radius 3 is 2.41 bits per heavy atom. The maximum absolute atomic E-state index is 13.9. The van der Waals surface area contributed by atoms with Crippen LogP contribution < -0.4 is 5.43 Å². The number of hydrogen-bond donors (Lipinski definition) is 1. The molecule has 1 aromatic carbocycles. The van der Waals surface area contributed by atoms with Gasteiger partial charge in [0.1, 0.15) is 0 Å². The molecule has 2 heterocycles. The smallest absolute Gasteiger partial charge is 0.245 e. The van der Waals surface area contributed by atoms with Gasteiger partial charge in [-0.3, -0.25) is 0 Å². The highest BCUT2D eigenvalue weighted by Gasteiger charge is 2.33. The third-order valence-corrected chi connectivity index (χ3v) is 4.23. The predicted octanol–water partition coefficient (Wildman–Crippen LogP) is 4.35. The topological polar surface area (TPSA) is 68.0 Å². The largest absolute Gasteiger partial charge is 0.433 e. The number of nitrogens with one attached hydrogen (secondary N) is 1. The lowest BCUT2D eigenvalue weighted by molar-refractivity contribution is -0.141. The molecular formula is C19H18F4N6. The Bertz CT molecular complexity index is 1040. The van der Waals surface area contributed by atoms with E-state index in [1.807, 2.05) is 19.1 Å². The van der Waals surface area contributed by atoms with Crippen molar-refractivity contribution < 1.29 is 17.6 Å². The van der Waals surface area contributed by atoms with Crippen LogP contribution in [0.3, 0.4) is 0 Å². The number of aryl methyl sites for hydroxylation is 3. The van der Waals surface area contributed by atoms with Crippen LogP contribution in [0.25, 0.3) is 11.3 Å². The first-order valence-electron chi connectivity index (χ1n) is 8.72. The summed E-state index contributed by atoms with van der Waals surface area (Å²) in [6, 6.07) is 7.92. The molecule has 0 aliphatic heterocycles. The fraction of sp³-hybridized carbons (Fsp3) is 0.263. The molecule has 0 saturated carbocycles. The minimum atomic E-state index is -4.66. The summed E-state index contributed by atoms with van der Waals surface area (Å²) < 4.78 is 54.7. The summed E-state index contributed by atoms with van der Waals surface area (Å²) in [5, 5.41) is 7.66. The van der Waals surface area contributed by atoms with E-state index < -0.39 is 17.8 Å². The first kappa shape index (κ1) is 20.4. The van der Waals surface area contributed by atoms with Gasteiger partial charge in [0.25, 0.3) is 0 Å². The van der Waals surface area contributed by atoms with Crippen LogP contribution in [0.2, 0.25) is 0 Å². The van der Waals surface area contributed by atoms with Crippen molar-refractivity contribution in [2.45, 2.75) is 26.4 Å². The first-order chi connectivity index (χ1) is 13.7. The van der Waals surface area contributed by atoms with Crippen molar-refractivity contribution in [2.24, 2.45) is 12.1 Å².